The molecule has 146 valence electrons. The second-order valence-corrected chi connectivity index (χ2v) is 8.45. The van der Waals surface area contributed by atoms with E-state index in [1.54, 1.807) is 0 Å². The first kappa shape index (κ1) is 21.9. The quantitative estimate of drug-likeness (QED) is 0.675. The van der Waals surface area contributed by atoms with Crippen molar-refractivity contribution in [2.24, 2.45) is 5.92 Å². The van der Waals surface area contributed by atoms with E-state index >= 15 is 0 Å². The van der Waals surface area contributed by atoms with Gasteiger partial charge in [0.1, 0.15) is 10.6 Å². The van der Waals surface area contributed by atoms with Crippen molar-refractivity contribution < 1.29 is 27.5 Å². The third-order valence-corrected chi connectivity index (χ3v) is 5.72. The van der Waals surface area contributed by atoms with E-state index in [0.717, 1.165) is 4.31 Å². The standard InChI is InChI=1S/C17H26N2O6S/c1-11(2)12(3)18-16(20)10-25-17(21)13-7-8-14(24-6)15(9-13)26(22,23)19(4)5/h7-9,11-12H,10H2,1-6H3,(H,18,20)/t12-/m0/s1. The van der Waals surface area contributed by atoms with Gasteiger partial charge in [0.15, 0.2) is 6.61 Å². The maximum absolute atomic E-state index is 12.4. The Kier molecular flexibility index (Phi) is 7.58. The average Bonchev–Trinajstić information content (AvgIpc) is 2.58. The van der Waals surface area contributed by atoms with Crippen molar-refractivity contribution in [3.63, 3.8) is 0 Å². The molecule has 9 heteroatoms. The number of nitrogens with zero attached hydrogens (tertiary/aromatic N) is 1. The minimum atomic E-state index is -3.81. The lowest BCUT2D eigenvalue weighted by Gasteiger charge is -2.17. The number of amides is 1. The molecule has 1 N–H and O–H groups in total. The molecule has 1 atom stereocenters. The smallest absolute Gasteiger partial charge is 0.338 e. The fourth-order valence-electron chi connectivity index (χ4n) is 1.88. The molecule has 1 rings (SSSR count). The molecule has 1 aromatic carbocycles. The fraction of sp³-hybridized carbons (Fsp3) is 0.529. The number of rotatable bonds is 8. The Morgan fingerprint density at radius 1 is 1.19 bits per heavy atom. The number of benzene rings is 1. The van der Waals surface area contributed by atoms with Crippen LogP contribution in [0.25, 0.3) is 0 Å². The summed E-state index contributed by atoms with van der Waals surface area (Å²) < 4.78 is 35.8. The molecule has 0 aliphatic rings. The van der Waals surface area contributed by atoms with Crippen LogP contribution in [-0.2, 0) is 19.6 Å². The number of hydrogen-bond acceptors (Lipinski definition) is 6. The largest absolute Gasteiger partial charge is 0.495 e. The van der Waals surface area contributed by atoms with E-state index < -0.39 is 28.5 Å². The Balaban J connectivity index is 2.93. The minimum Gasteiger partial charge on any atom is -0.495 e. The van der Waals surface area contributed by atoms with Crippen molar-refractivity contribution in [3.05, 3.63) is 23.8 Å². The number of nitrogens with one attached hydrogen (secondary N) is 1. The van der Waals surface area contributed by atoms with Gasteiger partial charge in [-0.25, -0.2) is 17.5 Å². The van der Waals surface area contributed by atoms with Gasteiger partial charge in [-0.2, -0.15) is 0 Å². The molecule has 0 aliphatic carbocycles. The topological polar surface area (TPSA) is 102 Å². The van der Waals surface area contributed by atoms with Crippen LogP contribution in [0.2, 0.25) is 0 Å². The number of carbonyl (C=O) groups is 2. The van der Waals surface area contributed by atoms with Gasteiger partial charge in [0.2, 0.25) is 10.0 Å². The van der Waals surface area contributed by atoms with Crippen molar-refractivity contribution in [1.82, 2.24) is 9.62 Å². The van der Waals surface area contributed by atoms with Gasteiger partial charge in [-0.1, -0.05) is 13.8 Å². The Morgan fingerprint density at radius 3 is 2.31 bits per heavy atom. The molecule has 0 saturated heterocycles. The molecule has 0 heterocycles. The van der Waals surface area contributed by atoms with Crippen molar-refractivity contribution in [1.29, 1.82) is 0 Å². The van der Waals surface area contributed by atoms with Crippen molar-refractivity contribution in [2.75, 3.05) is 27.8 Å². The number of esters is 1. The van der Waals surface area contributed by atoms with Crippen molar-refractivity contribution >= 4 is 21.9 Å². The van der Waals surface area contributed by atoms with Crippen molar-refractivity contribution in [3.8, 4) is 5.75 Å². The lowest BCUT2D eigenvalue weighted by atomic mass is 10.1. The highest BCUT2D eigenvalue weighted by Crippen LogP contribution is 2.27. The summed E-state index contributed by atoms with van der Waals surface area (Å²) >= 11 is 0. The van der Waals surface area contributed by atoms with Crippen LogP contribution in [0.4, 0.5) is 0 Å². The van der Waals surface area contributed by atoms with E-state index in [1.165, 1.54) is 39.4 Å². The van der Waals surface area contributed by atoms with Gasteiger partial charge in [-0.15, -0.1) is 0 Å². The molecule has 0 aromatic heterocycles. The maximum Gasteiger partial charge on any atom is 0.338 e. The Morgan fingerprint density at radius 2 is 1.81 bits per heavy atom. The summed E-state index contributed by atoms with van der Waals surface area (Å²) in [5.74, 6) is -0.863. The number of methoxy groups -OCH3 is 1. The van der Waals surface area contributed by atoms with Gasteiger partial charge in [-0.05, 0) is 31.0 Å². The van der Waals surface area contributed by atoms with Crippen LogP contribution in [0.15, 0.2) is 23.1 Å². The maximum atomic E-state index is 12.4. The van der Waals surface area contributed by atoms with Gasteiger partial charge < -0.3 is 14.8 Å². The number of carbonyl (C=O) groups excluding carboxylic acids is 2. The van der Waals surface area contributed by atoms with E-state index in [0.29, 0.717) is 0 Å². The first-order valence-electron chi connectivity index (χ1n) is 8.07. The summed E-state index contributed by atoms with van der Waals surface area (Å²) in [7, 11) is 0.274. The van der Waals surface area contributed by atoms with Gasteiger partial charge in [-0.3, -0.25) is 4.79 Å². The molecule has 0 fully saturated rings. The summed E-state index contributed by atoms with van der Waals surface area (Å²) in [6, 6.07) is 3.86. The van der Waals surface area contributed by atoms with Gasteiger partial charge in [0.05, 0.1) is 12.7 Å². The molecule has 0 aliphatic heterocycles. The highest BCUT2D eigenvalue weighted by molar-refractivity contribution is 7.89. The second kappa shape index (κ2) is 9.00. The fourth-order valence-corrected chi connectivity index (χ4v) is 2.95. The van der Waals surface area contributed by atoms with Crippen LogP contribution >= 0.6 is 0 Å². The lowest BCUT2D eigenvalue weighted by Crippen LogP contribution is -2.38. The Hall–Kier alpha value is -2.13. The van der Waals surface area contributed by atoms with E-state index in [1.807, 2.05) is 20.8 Å². The molecular weight excluding hydrogens is 360 g/mol. The third-order valence-electron chi connectivity index (χ3n) is 3.88. The monoisotopic (exact) mass is 386 g/mol. The van der Waals surface area contributed by atoms with E-state index in [-0.39, 0.29) is 28.2 Å². The van der Waals surface area contributed by atoms with E-state index in [9.17, 15) is 18.0 Å². The van der Waals surface area contributed by atoms with Crippen LogP contribution < -0.4 is 10.1 Å². The number of sulfonamides is 1. The molecule has 8 nitrogen and oxygen atoms in total. The average molecular weight is 386 g/mol. The van der Waals surface area contributed by atoms with Crippen LogP contribution in [0, 0.1) is 5.92 Å². The molecule has 1 amide bonds. The van der Waals surface area contributed by atoms with Crippen LogP contribution in [0.3, 0.4) is 0 Å². The third kappa shape index (κ3) is 5.43. The zero-order chi connectivity index (χ0) is 20.1. The zero-order valence-corrected chi connectivity index (χ0v) is 16.7. The van der Waals surface area contributed by atoms with Crippen LogP contribution in [-0.4, -0.2) is 58.5 Å². The van der Waals surface area contributed by atoms with Crippen molar-refractivity contribution in [2.45, 2.75) is 31.7 Å². The summed E-state index contributed by atoms with van der Waals surface area (Å²) in [6.45, 7) is 5.33. The summed E-state index contributed by atoms with van der Waals surface area (Å²) in [6.07, 6.45) is 0. The minimum absolute atomic E-state index is 0.0101. The Bertz CT molecular complexity index is 759. The predicted octanol–water partition coefficient (Wildman–Crippen LogP) is 1.26. The summed E-state index contributed by atoms with van der Waals surface area (Å²) in [5.41, 5.74) is 0.0101. The molecule has 0 unspecified atom stereocenters. The lowest BCUT2D eigenvalue weighted by molar-refractivity contribution is -0.125. The Labute approximate surface area is 154 Å². The van der Waals surface area contributed by atoms with E-state index in [2.05, 4.69) is 5.32 Å². The van der Waals surface area contributed by atoms with Gasteiger partial charge >= 0.3 is 5.97 Å². The van der Waals surface area contributed by atoms with Gasteiger partial charge in [0, 0.05) is 20.1 Å². The van der Waals surface area contributed by atoms with Crippen LogP contribution in [0.1, 0.15) is 31.1 Å². The first-order valence-corrected chi connectivity index (χ1v) is 9.51. The molecule has 0 saturated carbocycles. The highest BCUT2D eigenvalue weighted by Gasteiger charge is 2.24. The van der Waals surface area contributed by atoms with E-state index in [4.69, 9.17) is 9.47 Å². The molecule has 0 spiro atoms. The van der Waals surface area contributed by atoms with Crippen LogP contribution in [0.5, 0.6) is 5.75 Å². The predicted molar refractivity (Wildman–Crippen MR) is 96.6 cm³/mol. The first-order chi connectivity index (χ1) is 12.0. The SMILES string of the molecule is COc1ccc(C(=O)OCC(=O)N[C@@H](C)C(C)C)cc1S(=O)(=O)N(C)C. The highest BCUT2D eigenvalue weighted by atomic mass is 32.2. The molecular formula is C17H26N2O6S. The summed E-state index contributed by atoms with van der Waals surface area (Å²) in [4.78, 5) is 23.8. The number of hydrogen-bond donors (Lipinski definition) is 1. The summed E-state index contributed by atoms with van der Waals surface area (Å²) in [5, 5.41) is 2.72. The zero-order valence-electron chi connectivity index (χ0n) is 15.9. The second-order valence-electron chi connectivity index (χ2n) is 6.33. The molecule has 26 heavy (non-hydrogen) atoms. The molecule has 1 aromatic rings. The molecule has 0 bridgehead atoms. The normalized spacial score (nSPS) is 12.8. The molecule has 0 radical (unpaired) electrons. The van der Waals surface area contributed by atoms with Gasteiger partial charge in [0.25, 0.3) is 5.91 Å². The number of ether oxygens (including phenoxy) is 2.